The molecule has 0 bridgehead atoms. The molecule has 1 aromatic heterocycles. The molecule has 2 heterocycles. The molecule has 3 rings (SSSR count). The minimum atomic E-state index is -0.566. The van der Waals surface area contributed by atoms with Crippen molar-refractivity contribution in [3.8, 4) is 0 Å². The first-order chi connectivity index (χ1) is 10.6. The number of aromatic nitrogens is 2. The van der Waals surface area contributed by atoms with Gasteiger partial charge in [-0.05, 0) is 25.5 Å². The highest BCUT2D eigenvalue weighted by molar-refractivity contribution is 5.17. The number of imidazole rings is 1. The number of halogens is 1. The lowest BCUT2D eigenvalue weighted by Crippen LogP contribution is -2.38. The molecule has 1 N–H and O–H groups in total. The number of likely N-dealkylation sites (tertiary alicyclic amines) is 1. The summed E-state index contributed by atoms with van der Waals surface area (Å²) in [7, 11) is 1.89. The highest BCUT2D eigenvalue weighted by Crippen LogP contribution is 2.29. The number of rotatable bonds is 4. The zero-order valence-corrected chi connectivity index (χ0v) is 12.8. The summed E-state index contributed by atoms with van der Waals surface area (Å²) in [6.07, 6.45) is 4.97. The topological polar surface area (TPSA) is 41.3 Å². The molecule has 2 unspecified atom stereocenters. The van der Waals surface area contributed by atoms with Crippen LogP contribution in [0, 0.1) is 11.7 Å². The summed E-state index contributed by atoms with van der Waals surface area (Å²) in [4.78, 5) is 6.47. The average Bonchev–Trinajstić information content (AvgIpc) is 2.95. The van der Waals surface area contributed by atoms with Crippen LogP contribution >= 0.6 is 0 Å². The Balaban J connectivity index is 1.67. The molecule has 1 aliphatic heterocycles. The maximum absolute atomic E-state index is 13.8. The van der Waals surface area contributed by atoms with Crippen molar-refractivity contribution in [1.29, 1.82) is 0 Å². The Morgan fingerprint density at radius 3 is 2.95 bits per heavy atom. The lowest BCUT2D eigenvalue weighted by atomic mass is 9.91. The maximum atomic E-state index is 13.8. The van der Waals surface area contributed by atoms with Gasteiger partial charge in [0.05, 0.1) is 0 Å². The number of aryl methyl sites for hydroxylation is 1. The number of aliphatic hydroxyl groups is 1. The van der Waals surface area contributed by atoms with Gasteiger partial charge in [-0.3, -0.25) is 4.90 Å². The zero-order chi connectivity index (χ0) is 15.5. The van der Waals surface area contributed by atoms with Gasteiger partial charge < -0.3 is 9.67 Å². The third-order valence-corrected chi connectivity index (χ3v) is 4.46. The Bertz CT molecular complexity index is 628. The highest BCUT2D eigenvalue weighted by Gasteiger charge is 2.29. The second-order valence-electron chi connectivity index (χ2n) is 6.07. The maximum Gasteiger partial charge on any atom is 0.137 e. The molecule has 22 heavy (non-hydrogen) atoms. The van der Waals surface area contributed by atoms with Crippen LogP contribution in [0.15, 0.2) is 36.7 Å². The van der Waals surface area contributed by atoms with Gasteiger partial charge in [0.25, 0.3) is 0 Å². The molecule has 118 valence electrons. The van der Waals surface area contributed by atoms with Crippen LogP contribution in [0.25, 0.3) is 0 Å². The second-order valence-corrected chi connectivity index (χ2v) is 6.07. The third kappa shape index (κ3) is 3.20. The summed E-state index contributed by atoms with van der Waals surface area (Å²) in [5.74, 6) is 0.689. The molecule has 0 radical (unpaired) electrons. The first-order valence-corrected chi connectivity index (χ1v) is 7.76. The van der Waals surface area contributed by atoms with E-state index in [2.05, 4.69) is 9.88 Å². The minimum absolute atomic E-state index is 0.140. The first-order valence-electron chi connectivity index (χ1n) is 7.76. The predicted octanol–water partition coefficient (Wildman–Crippen LogP) is 2.50. The van der Waals surface area contributed by atoms with E-state index in [0.717, 1.165) is 31.5 Å². The van der Waals surface area contributed by atoms with Crippen molar-refractivity contribution in [3.05, 3.63) is 53.9 Å². The van der Waals surface area contributed by atoms with Gasteiger partial charge in [-0.25, -0.2) is 9.37 Å². The number of aliphatic hydroxyl groups excluding tert-OH is 1. The molecule has 1 aromatic carbocycles. The van der Waals surface area contributed by atoms with Crippen LogP contribution in [0.5, 0.6) is 0 Å². The molecule has 2 aromatic rings. The van der Waals surface area contributed by atoms with Crippen molar-refractivity contribution in [2.75, 3.05) is 13.1 Å². The molecular formula is C17H22FN3O. The van der Waals surface area contributed by atoms with E-state index in [9.17, 15) is 9.50 Å². The van der Waals surface area contributed by atoms with Gasteiger partial charge in [-0.2, -0.15) is 0 Å². The lowest BCUT2D eigenvalue weighted by molar-refractivity contribution is 0.0401. The van der Waals surface area contributed by atoms with E-state index >= 15 is 0 Å². The summed E-state index contributed by atoms with van der Waals surface area (Å²) >= 11 is 0. The van der Waals surface area contributed by atoms with Crippen molar-refractivity contribution < 1.29 is 9.50 Å². The molecule has 1 fully saturated rings. The standard InChI is InChI=1S/C17H22FN3O/c1-20-10-8-19-17(20)16(22)14-6-4-9-21(12-14)11-13-5-2-3-7-15(13)18/h2-3,5,7-8,10,14,16,22H,4,6,9,11-12H2,1H3. The van der Waals surface area contributed by atoms with Gasteiger partial charge >= 0.3 is 0 Å². The summed E-state index contributed by atoms with van der Waals surface area (Å²) < 4.78 is 15.6. The fourth-order valence-corrected chi connectivity index (χ4v) is 3.23. The fraction of sp³-hybridized carbons (Fsp3) is 0.471. The van der Waals surface area contributed by atoms with Gasteiger partial charge in [0.1, 0.15) is 17.7 Å². The van der Waals surface area contributed by atoms with Crippen LogP contribution in [-0.4, -0.2) is 32.6 Å². The Morgan fingerprint density at radius 1 is 1.41 bits per heavy atom. The van der Waals surface area contributed by atoms with E-state index in [0.29, 0.717) is 12.4 Å². The van der Waals surface area contributed by atoms with Gasteiger partial charge in [0, 0.05) is 44.0 Å². The fourth-order valence-electron chi connectivity index (χ4n) is 3.23. The van der Waals surface area contributed by atoms with E-state index in [4.69, 9.17) is 0 Å². The second kappa shape index (κ2) is 6.58. The highest BCUT2D eigenvalue weighted by atomic mass is 19.1. The molecule has 2 atom stereocenters. The van der Waals surface area contributed by atoms with Crippen LogP contribution in [-0.2, 0) is 13.6 Å². The third-order valence-electron chi connectivity index (χ3n) is 4.46. The molecule has 4 nitrogen and oxygen atoms in total. The van der Waals surface area contributed by atoms with Crippen LogP contribution in [0.4, 0.5) is 4.39 Å². The predicted molar refractivity (Wildman–Crippen MR) is 82.6 cm³/mol. The molecule has 0 aliphatic carbocycles. The van der Waals surface area contributed by atoms with Crippen molar-refractivity contribution in [1.82, 2.24) is 14.5 Å². The van der Waals surface area contributed by atoms with Gasteiger partial charge in [0.15, 0.2) is 0 Å². The number of piperidine rings is 1. The van der Waals surface area contributed by atoms with Crippen LogP contribution in [0.1, 0.15) is 30.3 Å². The first kappa shape index (κ1) is 15.2. The van der Waals surface area contributed by atoms with Crippen molar-refractivity contribution in [2.45, 2.75) is 25.5 Å². The number of hydrogen-bond acceptors (Lipinski definition) is 3. The monoisotopic (exact) mass is 303 g/mol. The van der Waals surface area contributed by atoms with Gasteiger partial charge in [-0.15, -0.1) is 0 Å². The number of benzene rings is 1. The summed E-state index contributed by atoms with van der Waals surface area (Å²) in [6.45, 7) is 2.30. The van der Waals surface area contributed by atoms with Crippen LogP contribution < -0.4 is 0 Å². The average molecular weight is 303 g/mol. The molecule has 1 aliphatic rings. The van der Waals surface area contributed by atoms with E-state index in [1.807, 2.05) is 29.9 Å². The Morgan fingerprint density at radius 2 is 2.23 bits per heavy atom. The quantitative estimate of drug-likeness (QED) is 0.943. The Kier molecular flexibility index (Phi) is 4.55. The summed E-state index contributed by atoms with van der Waals surface area (Å²) in [5, 5.41) is 10.6. The smallest absolute Gasteiger partial charge is 0.137 e. The minimum Gasteiger partial charge on any atom is -0.385 e. The van der Waals surface area contributed by atoms with Crippen LogP contribution in [0.3, 0.4) is 0 Å². The van der Waals surface area contributed by atoms with E-state index in [1.54, 1.807) is 12.3 Å². The molecular weight excluding hydrogens is 281 g/mol. The van der Waals surface area contributed by atoms with Crippen molar-refractivity contribution >= 4 is 0 Å². The van der Waals surface area contributed by atoms with Crippen LogP contribution in [0.2, 0.25) is 0 Å². The summed E-state index contributed by atoms with van der Waals surface area (Å²) in [6, 6.07) is 6.90. The van der Waals surface area contributed by atoms with Crippen molar-refractivity contribution in [3.63, 3.8) is 0 Å². The number of nitrogens with zero attached hydrogens (tertiary/aromatic N) is 3. The molecule has 5 heteroatoms. The normalized spacial score (nSPS) is 21.0. The van der Waals surface area contributed by atoms with Crippen molar-refractivity contribution in [2.24, 2.45) is 13.0 Å². The van der Waals surface area contributed by atoms with Gasteiger partial charge in [-0.1, -0.05) is 18.2 Å². The molecule has 0 amide bonds. The SMILES string of the molecule is Cn1ccnc1C(O)C1CCCN(Cc2ccccc2F)C1. The van der Waals surface area contributed by atoms with E-state index < -0.39 is 6.10 Å². The Hall–Kier alpha value is -1.72. The molecule has 0 saturated carbocycles. The zero-order valence-electron chi connectivity index (χ0n) is 12.8. The Labute approximate surface area is 130 Å². The molecule has 0 spiro atoms. The number of hydrogen-bond donors (Lipinski definition) is 1. The lowest BCUT2D eigenvalue weighted by Gasteiger charge is -2.35. The molecule has 1 saturated heterocycles. The largest absolute Gasteiger partial charge is 0.385 e. The van der Waals surface area contributed by atoms with E-state index in [-0.39, 0.29) is 11.7 Å². The van der Waals surface area contributed by atoms with Gasteiger partial charge in [0.2, 0.25) is 0 Å². The van der Waals surface area contributed by atoms with E-state index in [1.165, 1.54) is 6.07 Å². The summed E-state index contributed by atoms with van der Waals surface area (Å²) in [5.41, 5.74) is 0.717.